The molecule has 0 bridgehead atoms. The molecule has 1 aliphatic carbocycles. The van der Waals surface area contributed by atoms with Crippen LogP contribution in [0.4, 0.5) is 18.0 Å². The van der Waals surface area contributed by atoms with E-state index < -0.39 is 18.9 Å². The first-order chi connectivity index (χ1) is 7.79. The number of halogens is 3. The lowest BCUT2D eigenvalue weighted by Gasteiger charge is -2.33. The predicted molar refractivity (Wildman–Crippen MR) is 56.6 cm³/mol. The lowest BCUT2D eigenvalue weighted by molar-refractivity contribution is -0.162. The van der Waals surface area contributed by atoms with Crippen molar-refractivity contribution in [1.82, 2.24) is 4.90 Å². The summed E-state index contributed by atoms with van der Waals surface area (Å²) in [6, 6.07) is -0.000478. The Morgan fingerprint density at radius 3 is 2.59 bits per heavy atom. The number of alkyl halides is 3. The van der Waals surface area contributed by atoms with E-state index in [2.05, 4.69) is 11.7 Å². The van der Waals surface area contributed by atoms with Crippen LogP contribution in [0.15, 0.2) is 0 Å². The van der Waals surface area contributed by atoms with Gasteiger partial charge in [0.2, 0.25) is 0 Å². The van der Waals surface area contributed by atoms with Gasteiger partial charge in [-0.25, -0.2) is 4.79 Å². The third kappa shape index (κ3) is 4.83. The van der Waals surface area contributed by atoms with Gasteiger partial charge in [0.15, 0.2) is 6.61 Å². The van der Waals surface area contributed by atoms with E-state index in [4.69, 9.17) is 0 Å². The number of rotatable bonds is 2. The minimum absolute atomic E-state index is 0.000478. The van der Waals surface area contributed by atoms with Crippen LogP contribution in [0.3, 0.4) is 0 Å². The Labute approximate surface area is 98.9 Å². The molecule has 0 N–H and O–H groups in total. The summed E-state index contributed by atoms with van der Waals surface area (Å²) in [4.78, 5) is 12.7. The first-order valence-corrected chi connectivity index (χ1v) is 5.76. The van der Waals surface area contributed by atoms with Crippen LogP contribution in [0.25, 0.3) is 0 Å². The summed E-state index contributed by atoms with van der Waals surface area (Å²) < 4.78 is 39.9. The maximum absolute atomic E-state index is 11.9. The third-order valence-electron chi connectivity index (χ3n) is 3.10. The number of amides is 1. The Bertz CT molecular complexity index is 268. The highest BCUT2D eigenvalue weighted by atomic mass is 19.4. The SMILES string of the molecule is CC1CCCC(N(C)C(=O)OCC(F)(F)F)C1. The van der Waals surface area contributed by atoms with Gasteiger partial charge in [-0.3, -0.25) is 0 Å². The maximum Gasteiger partial charge on any atom is 0.422 e. The minimum Gasteiger partial charge on any atom is -0.440 e. The van der Waals surface area contributed by atoms with Gasteiger partial charge in [0, 0.05) is 13.1 Å². The van der Waals surface area contributed by atoms with Crippen LogP contribution in [0.2, 0.25) is 0 Å². The first kappa shape index (κ1) is 14.1. The van der Waals surface area contributed by atoms with E-state index in [1.54, 1.807) is 0 Å². The second-order valence-corrected chi connectivity index (χ2v) is 4.71. The molecule has 0 aliphatic heterocycles. The third-order valence-corrected chi connectivity index (χ3v) is 3.10. The van der Waals surface area contributed by atoms with Gasteiger partial charge in [0.1, 0.15) is 0 Å². The lowest BCUT2D eigenvalue weighted by Crippen LogP contribution is -2.41. The molecule has 1 amide bonds. The zero-order chi connectivity index (χ0) is 13.1. The van der Waals surface area contributed by atoms with Gasteiger partial charge in [0.25, 0.3) is 0 Å². The minimum atomic E-state index is -4.46. The molecule has 1 saturated carbocycles. The highest BCUT2D eigenvalue weighted by Crippen LogP contribution is 2.27. The Morgan fingerprint density at radius 1 is 1.41 bits per heavy atom. The molecule has 0 heterocycles. The number of hydrogen-bond acceptors (Lipinski definition) is 2. The lowest BCUT2D eigenvalue weighted by atomic mass is 9.86. The molecule has 0 saturated heterocycles. The zero-order valence-corrected chi connectivity index (χ0v) is 10.1. The summed E-state index contributed by atoms with van der Waals surface area (Å²) in [7, 11) is 1.50. The van der Waals surface area contributed by atoms with Crippen molar-refractivity contribution in [3.63, 3.8) is 0 Å². The van der Waals surface area contributed by atoms with E-state index in [9.17, 15) is 18.0 Å². The van der Waals surface area contributed by atoms with Crippen LogP contribution in [-0.2, 0) is 4.74 Å². The van der Waals surface area contributed by atoms with Crippen LogP contribution < -0.4 is 0 Å². The summed E-state index contributed by atoms with van der Waals surface area (Å²) in [5.74, 6) is 0.506. The average molecular weight is 253 g/mol. The van der Waals surface area contributed by atoms with E-state index in [0.29, 0.717) is 5.92 Å². The van der Waals surface area contributed by atoms with Crippen LogP contribution in [-0.4, -0.2) is 36.9 Å². The number of carbonyl (C=O) groups is 1. The fourth-order valence-electron chi connectivity index (χ4n) is 2.15. The summed E-state index contributed by atoms with van der Waals surface area (Å²) in [5.41, 5.74) is 0. The largest absolute Gasteiger partial charge is 0.440 e. The van der Waals surface area contributed by atoms with Crippen molar-refractivity contribution >= 4 is 6.09 Å². The fourth-order valence-corrected chi connectivity index (χ4v) is 2.15. The molecule has 100 valence electrons. The topological polar surface area (TPSA) is 29.5 Å². The molecule has 1 aliphatic rings. The molecular formula is C11H18F3NO2. The second-order valence-electron chi connectivity index (χ2n) is 4.71. The van der Waals surface area contributed by atoms with Gasteiger partial charge in [-0.2, -0.15) is 13.2 Å². The van der Waals surface area contributed by atoms with Gasteiger partial charge < -0.3 is 9.64 Å². The summed E-state index contributed by atoms with van der Waals surface area (Å²) >= 11 is 0. The van der Waals surface area contributed by atoms with Crippen molar-refractivity contribution in [3.8, 4) is 0 Å². The van der Waals surface area contributed by atoms with E-state index in [-0.39, 0.29) is 6.04 Å². The van der Waals surface area contributed by atoms with E-state index in [0.717, 1.165) is 25.7 Å². The normalized spacial score (nSPS) is 25.5. The molecule has 2 atom stereocenters. The maximum atomic E-state index is 11.9. The number of hydrogen-bond donors (Lipinski definition) is 0. The molecular weight excluding hydrogens is 235 g/mol. The van der Waals surface area contributed by atoms with Crippen molar-refractivity contribution in [3.05, 3.63) is 0 Å². The van der Waals surface area contributed by atoms with Gasteiger partial charge >= 0.3 is 12.3 Å². The molecule has 0 radical (unpaired) electrons. The van der Waals surface area contributed by atoms with E-state index >= 15 is 0 Å². The molecule has 0 aromatic carbocycles. The molecule has 0 spiro atoms. The molecule has 0 aromatic rings. The van der Waals surface area contributed by atoms with Gasteiger partial charge in [-0.05, 0) is 18.8 Å². The van der Waals surface area contributed by atoms with Crippen molar-refractivity contribution in [2.75, 3.05) is 13.7 Å². The Hall–Kier alpha value is -0.940. The molecule has 1 rings (SSSR count). The quantitative estimate of drug-likeness (QED) is 0.756. The molecule has 17 heavy (non-hydrogen) atoms. The molecule has 1 fully saturated rings. The van der Waals surface area contributed by atoms with Gasteiger partial charge in [0.05, 0.1) is 0 Å². The number of carbonyl (C=O) groups excluding carboxylic acids is 1. The van der Waals surface area contributed by atoms with Gasteiger partial charge in [-0.15, -0.1) is 0 Å². The van der Waals surface area contributed by atoms with E-state index in [1.807, 2.05) is 0 Å². The Balaban J connectivity index is 2.40. The monoisotopic (exact) mass is 253 g/mol. The highest BCUT2D eigenvalue weighted by molar-refractivity contribution is 5.67. The van der Waals surface area contributed by atoms with Crippen molar-refractivity contribution in [2.45, 2.75) is 44.8 Å². The summed E-state index contributed by atoms with van der Waals surface area (Å²) in [6.45, 7) is 0.569. The van der Waals surface area contributed by atoms with Crippen LogP contribution in [0.1, 0.15) is 32.6 Å². The van der Waals surface area contributed by atoms with Crippen LogP contribution in [0.5, 0.6) is 0 Å². The average Bonchev–Trinajstić information content (AvgIpc) is 2.24. The smallest absolute Gasteiger partial charge is 0.422 e. The highest BCUT2D eigenvalue weighted by Gasteiger charge is 2.32. The zero-order valence-electron chi connectivity index (χ0n) is 10.1. The van der Waals surface area contributed by atoms with Gasteiger partial charge in [-0.1, -0.05) is 19.8 Å². The molecule has 3 nitrogen and oxygen atoms in total. The van der Waals surface area contributed by atoms with Crippen molar-refractivity contribution < 1.29 is 22.7 Å². The first-order valence-electron chi connectivity index (χ1n) is 5.76. The molecule has 0 aromatic heterocycles. The Morgan fingerprint density at radius 2 is 2.06 bits per heavy atom. The number of ether oxygens (including phenoxy) is 1. The van der Waals surface area contributed by atoms with Crippen molar-refractivity contribution in [1.29, 1.82) is 0 Å². The standard InChI is InChI=1S/C11H18F3NO2/c1-8-4-3-5-9(6-8)15(2)10(16)17-7-11(12,13)14/h8-9H,3-7H2,1-2H3. The second kappa shape index (κ2) is 5.60. The predicted octanol–water partition coefficient (Wildman–Crippen LogP) is 3.20. The summed E-state index contributed by atoms with van der Waals surface area (Å²) in [6.07, 6.45) is -1.57. The number of nitrogens with zero attached hydrogens (tertiary/aromatic N) is 1. The van der Waals surface area contributed by atoms with E-state index in [1.165, 1.54) is 11.9 Å². The molecule has 6 heteroatoms. The van der Waals surface area contributed by atoms with Crippen LogP contribution >= 0.6 is 0 Å². The van der Waals surface area contributed by atoms with Crippen molar-refractivity contribution in [2.24, 2.45) is 5.92 Å². The fraction of sp³-hybridized carbons (Fsp3) is 0.909. The molecule has 2 unspecified atom stereocenters. The summed E-state index contributed by atoms with van der Waals surface area (Å²) in [5, 5.41) is 0. The Kier molecular flexibility index (Phi) is 4.65. The van der Waals surface area contributed by atoms with Crippen LogP contribution in [0, 0.1) is 5.92 Å².